The van der Waals surface area contributed by atoms with Crippen molar-refractivity contribution in [1.82, 2.24) is 4.98 Å². The molecule has 0 aliphatic carbocycles. The van der Waals surface area contributed by atoms with Crippen LogP contribution in [0, 0.1) is 6.92 Å². The highest BCUT2D eigenvalue weighted by molar-refractivity contribution is 9.10. The Kier molecular flexibility index (Phi) is 3.66. The van der Waals surface area contributed by atoms with Crippen molar-refractivity contribution in [3.8, 4) is 0 Å². The van der Waals surface area contributed by atoms with E-state index in [1.54, 1.807) is 11.3 Å². The lowest BCUT2D eigenvalue weighted by molar-refractivity contribution is 0.484. The van der Waals surface area contributed by atoms with Crippen molar-refractivity contribution in [2.24, 2.45) is 5.73 Å². The first kappa shape index (κ1) is 12.7. The number of halogens is 1. The molecule has 0 aliphatic rings. The summed E-state index contributed by atoms with van der Waals surface area (Å²) in [5.74, 6) is 0. The molecule has 2 rings (SSSR count). The summed E-state index contributed by atoms with van der Waals surface area (Å²) in [4.78, 5) is 4.47. The fourth-order valence-corrected chi connectivity index (χ4v) is 3.24. The van der Waals surface area contributed by atoms with E-state index < -0.39 is 5.54 Å². The second-order valence-electron chi connectivity index (χ2n) is 4.43. The number of hydrogen-bond acceptors (Lipinski definition) is 3. The number of rotatable bonds is 3. The van der Waals surface area contributed by atoms with Gasteiger partial charge < -0.3 is 5.73 Å². The van der Waals surface area contributed by atoms with Crippen LogP contribution in [0.2, 0.25) is 0 Å². The summed E-state index contributed by atoms with van der Waals surface area (Å²) in [6.45, 7) is 4.06. The first-order chi connectivity index (χ1) is 7.99. The third-order valence-corrected chi connectivity index (χ3v) is 4.22. The third kappa shape index (κ3) is 2.94. The van der Waals surface area contributed by atoms with Crippen molar-refractivity contribution in [2.75, 3.05) is 0 Å². The van der Waals surface area contributed by atoms with E-state index in [-0.39, 0.29) is 0 Å². The predicted octanol–water partition coefficient (Wildman–Crippen LogP) is 3.63. The van der Waals surface area contributed by atoms with Gasteiger partial charge in [-0.05, 0) is 25.5 Å². The molecule has 4 heteroatoms. The molecule has 1 heterocycles. The van der Waals surface area contributed by atoms with Crippen molar-refractivity contribution in [3.63, 3.8) is 0 Å². The van der Waals surface area contributed by atoms with E-state index >= 15 is 0 Å². The number of thiazole rings is 1. The maximum absolute atomic E-state index is 6.41. The molecule has 2 nitrogen and oxygen atoms in total. The van der Waals surface area contributed by atoms with Crippen LogP contribution in [0.15, 0.2) is 34.1 Å². The molecular formula is C13H15BrN2S. The average molecular weight is 311 g/mol. The normalized spacial score (nSPS) is 14.6. The molecular weight excluding hydrogens is 296 g/mol. The van der Waals surface area contributed by atoms with E-state index in [0.717, 1.165) is 27.2 Å². The van der Waals surface area contributed by atoms with Crippen molar-refractivity contribution in [1.29, 1.82) is 0 Å². The molecule has 1 unspecified atom stereocenters. The van der Waals surface area contributed by atoms with E-state index in [0.29, 0.717) is 0 Å². The van der Waals surface area contributed by atoms with Crippen molar-refractivity contribution in [3.05, 3.63) is 50.4 Å². The van der Waals surface area contributed by atoms with Crippen LogP contribution in [0.3, 0.4) is 0 Å². The second-order valence-corrected chi connectivity index (χ2v) is 6.35. The summed E-state index contributed by atoms with van der Waals surface area (Å²) in [6.07, 6.45) is 0.750. The van der Waals surface area contributed by atoms with Gasteiger partial charge in [0.1, 0.15) is 0 Å². The smallest absolute Gasteiger partial charge is 0.0897 e. The zero-order valence-electron chi connectivity index (χ0n) is 9.90. The van der Waals surface area contributed by atoms with E-state index in [9.17, 15) is 0 Å². The van der Waals surface area contributed by atoms with Gasteiger partial charge in [0.2, 0.25) is 0 Å². The molecule has 2 N–H and O–H groups in total. The quantitative estimate of drug-likeness (QED) is 0.940. The predicted molar refractivity (Wildman–Crippen MR) is 76.2 cm³/mol. The van der Waals surface area contributed by atoms with Crippen LogP contribution in [-0.4, -0.2) is 4.98 Å². The van der Waals surface area contributed by atoms with Gasteiger partial charge in [0, 0.05) is 21.8 Å². The summed E-state index contributed by atoms with van der Waals surface area (Å²) in [7, 11) is 0. The Morgan fingerprint density at radius 3 is 2.71 bits per heavy atom. The molecule has 1 aromatic heterocycles. The summed E-state index contributed by atoms with van der Waals surface area (Å²) in [5, 5.41) is 3.17. The second kappa shape index (κ2) is 4.88. The van der Waals surface area contributed by atoms with Crippen molar-refractivity contribution in [2.45, 2.75) is 25.8 Å². The maximum atomic E-state index is 6.41. The Labute approximate surface area is 114 Å². The Hall–Kier alpha value is -0.710. The van der Waals surface area contributed by atoms with Gasteiger partial charge in [-0.15, -0.1) is 11.3 Å². The standard InChI is InChI=1S/C13H15BrN2S/c1-9-16-10(8-17-9)7-13(2,15)11-5-3-4-6-12(11)14/h3-6,8H,7,15H2,1-2H3. The first-order valence-corrected chi connectivity index (χ1v) is 7.11. The Bertz CT molecular complexity index is 520. The minimum absolute atomic E-state index is 0.402. The summed E-state index contributed by atoms with van der Waals surface area (Å²) >= 11 is 5.22. The fourth-order valence-electron chi connectivity index (χ4n) is 1.89. The number of benzene rings is 1. The Morgan fingerprint density at radius 1 is 1.41 bits per heavy atom. The van der Waals surface area contributed by atoms with Gasteiger partial charge in [-0.3, -0.25) is 0 Å². The van der Waals surface area contributed by atoms with Gasteiger partial charge in [-0.1, -0.05) is 34.1 Å². The molecule has 2 aromatic rings. The van der Waals surface area contributed by atoms with Gasteiger partial charge in [0.15, 0.2) is 0 Å². The van der Waals surface area contributed by atoms with Gasteiger partial charge in [0.25, 0.3) is 0 Å². The van der Waals surface area contributed by atoms with Crippen LogP contribution < -0.4 is 5.73 Å². The molecule has 0 saturated heterocycles. The maximum Gasteiger partial charge on any atom is 0.0897 e. The molecule has 90 valence electrons. The van der Waals surface area contributed by atoms with Crippen molar-refractivity contribution < 1.29 is 0 Å². The lowest BCUT2D eigenvalue weighted by Crippen LogP contribution is -2.36. The van der Waals surface area contributed by atoms with E-state index in [1.165, 1.54) is 0 Å². The lowest BCUT2D eigenvalue weighted by atomic mass is 9.89. The zero-order chi connectivity index (χ0) is 12.5. The van der Waals surface area contributed by atoms with Crippen LogP contribution in [0.5, 0.6) is 0 Å². The molecule has 0 bridgehead atoms. The molecule has 17 heavy (non-hydrogen) atoms. The highest BCUT2D eigenvalue weighted by Gasteiger charge is 2.24. The zero-order valence-corrected chi connectivity index (χ0v) is 12.3. The SMILES string of the molecule is Cc1nc(CC(C)(N)c2ccccc2Br)cs1. The number of nitrogens with zero attached hydrogens (tertiary/aromatic N) is 1. The highest BCUT2D eigenvalue weighted by atomic mass is 79.9. The summed E-state index contributed by atoms with van der Waals surface area (Å²) in [6, 6.07) is 8.09. The molecule has 0 radical (unpaired) electrons. The Balaban J connectivity index is 2.27. The summed E-state index contributed by atoms with van der Waals surface area (Å²) in [5.41, 5.74) is 8.19. The first-order valence-electron chi connectivity index (χ1n) is 5.44. The summed E-state index contributed by atoms with van der Waals surface area (Å²) < 4.78 is 1.05. The minimum Gasteiger partial charge on any atom is -0.321 e. The molecule has 1 atom stereocenters. The molecule has 0 spiro atoms. The van der Waals surface area contributed by atoms with Gasteiger partial charge in [-0.25, -0.2) is 4.98 Å². The fraction of sp³-hybridized carbons (Fsp3) is 0.308. The van der Waals surface area contributed by atoms with Gasteiger partial charge in [-0.2, -0.15) is 0 Å². The number of aromatic nitrogens is 1. The van der Waals surface area contributed by atoms with Crippen LogP contribution >= 0.6 is 27.3 Å². The van der Waals surface area contributed by atoms with Crippen molar-refractivity contribution >= 4 is 27.3 Å². The molecule has 0 amide bonds. The molecule has 1 aromatic carbocycles. The number of hydrogen-bond donors (Lipinski definition) is 1. The lowest BCUT2D eigenvalue weighted by Gasteiger charge is -2.25. The van der Waals surface area contributed by atoms with Gasteiger partial charge in [0.05, 0.1) is 10.7 Å². The molecule has 0 aliphatic heterocycles. The van der Waals surface area contributed by atoms with Crippen LogP contribution in [0.25, 0.3) is 0 Å². The van der Waals surface area contributed by atoms with Crippen LogP contribution in [-0.2, 0) is 12.0 Å². The molecule has 0 saturated carbocycles. The van der Waals surface area contributed by atoms with E-state index in [4.69, 9.17) is 5.73 Å². The van der Waals surface area contributed by atoms with E-state index in [1.807, 2.05) is 32.0 Å². The monoisotopic (exact) mass is 310 g/mol. The topological polar surface area (TPSA) is 38.9 Å². The van der Waals surface area contributed by atoms with Crippen LogP contribution in [0.4, 0.5) is 0 Å². The van der Waals surface area contributed by atoms with Gasteiger partial charge >= 0.3 is 0 Å². The number of nitrogens with two attached hydrogens (primary N) is 1. The van der Waals surface area contributed by atoms with Crippen LogP contribution in [0.1, 0.15) is 23.2 Å². The largest absolute Gasteiger partial charge is 0.321 e. The minimum atomic E-state index is -0.402. The number of aryl methyl sites for hydroxylation is 1. The average Bonchev–Trinajstić information content (AvgIpc) is 2.63. The highest BCUT2D eigenvalue weighted by Crippen LogP contribution is 2.29. The Morgan fingerprint density at radius 2 is 2.12 bits per heavy atom. The third-order valence-electron chi connectivity index (χ3n) is 2.70. The molecule has 0 fully saturated rings. The van der Waals surface area contributed by atoms with E-state index in [2.05, 4.69) is 32.4 Å².